The fourth-order valence-electron chi connectivity index (χ4n) is 8.17. The molecule has 7 aromatic carbocycles. The van der Waals surface area contributed by atoms with Crippen LogP contribution in [0.15, 0.2) is 158 Å². The van der Waals surface area contributed by atoms with Gasteiger partial charge in [0.05, 0.1) is 5.41 Å². The van der Waals surface area contributed by atoms with Crippen LogP contribution in [0.2, 0.25) is 0 Å². The lowest BCUT2D eigenvalue weighted by Crippen LogP contribution is -2.34. The van der Waals surface area contributed by atoms with Gasteiger partial charge >= 0.3 is 0 Å². The minimum absolute atomic E-state index is 0.115. The quantitative estimate of drug-likeness (QED) is 0.203. The van der Waals surface area contributed by atoms with Crippen LogP contribution < -0.4 is 4.74 Å². The van der Waals surface area contributed by atoms with Crippen LogP contribution in [0.25, 0.3) is 33.0 Å². The molecule has 0 aromatic heterocycles. The Labute approximate surface area is 264 Å². The summed E-state index contributed by atoms with van der Waals surface area (Å²) >= 11 is 0. The lowest BCUT2D eigenvalue weighted by atomic mass is 9.63. The summed E-state index contributed by atoms with van der Waals surface area (Å²) in [5, 5.41) is 2.64. The minimum atomic E-state index is -0.534. The van der Waals surface area contributed by atoms with Crippen molar-refractivity contribution in [3.63, 3.8) is 0 Å². The molecule has 1 heteroatoms. The third-order valence-electron chi connectivity index (χ3n) is 10.2. The van der Waals surface area contributed by atoms with E-state index in [1.54, 1.807) is 0 Å². The molecule has 9 rings (SSSR count). The van der Waals surface area contributed by atoms with Crippen LogP contribution in [-0.2, 0) is 10.8 Å². The fourth-order valence-corrected chi connectivity index (χ4v) is 8.17. The number of hydrogen-bond donors (Lipinski definition) is 0. The van der Waals surface area contributed by atoms with Gasteiger partial charge in [0.25, 0.3) is 0 Å². The number of ether oxygens (including phenoxy) is 1. The predicted octanol–water partition coefficient (Wildman–Crippen LogP) is 11.3. The van der Waals surface area contributed by atoms with Gasteiger partial charge in [0.1, 0.15) is 11.5 Å². The Balaban J connectivity index is 1.27. The van der Waals surface area contributed by atoms with Crippen molar-refractivity contribution in [1.29, 1.82) is 0 Å². The Hall–Kier alpha value is -5.40. The zero-order chi connectivity index (χ0) is 30.2. The number of hydrogen-bond acceptors (Lipinski definition) is 1. The zero-order valence-corrected chi connectivity index (χ0v) is 25.4. The van der Waals surface area contributed by atoms with E-state index in [4.69, 9.17) is 4.74 Å². The summed E-state index contributed by atoms with van der Waals surface area (Å²) in [5.41, 5.74) is 12.0. The summed E-state index contributed by atoms with van der Waals surface area (Å²) in [5.74, 6) is 1.79. The molecule has 1 aliphatic carbocycles. The highest BCUT2D eigenvalue weighted by Crippen LogP contribution is 2.56. The van der Waals surface area contributed by atoms with Crippen molar-refractivity contribution >= 4 is 10.8 Å². The second-order valence-corrected chi connectivity index (χ2v) is 12.9. The number of benzene rings is 7. The van der Waals surface area contributed by atoms with E-state index in [-0.39, 0.29) is 5.41 Å². The average Bonchev–Trinajstić information content (AvgIpc) is 3.33. The van der Waals surface area contributed by atoms with Crippen LogP contribution in [0.5, 0.6) is 11.5 Å². The molecule has 0 saturated carbocycles. The van der Waals surface area contributed by atoms with Gasteiger partial charge in [-0.2, -0.15) is 0 Å². The summed E-state index contributed by atoms with van der Waals surface area (Å²) in [4.78, 5) is 0. The van der Waals surface area contributed by atoms with Gasteiger partial charge in [-0.3, -0.25) is 0 Å². The van der Waals surface area contributed by atoms with Gasteiger partial charge in [-0.15, -0.1) is 0 Å². The molecule has 0 saturated heterocycles. The second kappa shape index (κ2) is 9.55. The maximum absolute atomic E-state index is 6.66. The largest absolute Gasteiger partial charge is 0.457 e. The van der Waals surface area contributed by atoms with Crippen molar-refractivity contribution in [2.75, 3.05) is 0 Å². The Morgan fingerprint density at radius 3 is 1.78 bits per heavy atom. The molecule has 45 heavy (non-hydrogen) atoms. The van der Waals surface area contributed by atoms with Gasteiger partial charge in [-0.05, 0) is 79.5 Å². The SMILES string of the molecule is CC1(C)c2cc(-c3ccc4c(c3)C(c3ccccc3)(c3ccccc3)c3ccccc3O4)ccc2-c2ccc3ccccc3c21. The van der Waals surface area contributed by atoms with Crippen LogP contribution in [0, 0.1) is 0 Å². The molecule has 1 aliphatic heterocycles. The summed E-state index contributed by atoms with van der Waals surface area (Å²) in [6, 6.07) is 57.5. The number of fused-ring (bicyclic) bond motifs is 7. The van der Waals surface area contributed by atoms with E-state index in [0.29, 0.717) is 0 Å². The fraction of sp³-hybridized carbons (Fsp3) is 0.0909. The molecule has 214 valence electrons. The molecular weight excluding hydrogens is 544 g/mol. The van der Waals surface area contributed by atoms with Crippen LogP contribution in [0.1, 0.15) is 47.2 Å². The van der Waals surface area contributed by atoms with E-state index in [1.165, 1.54) is 55.3 Å². The van der Waals surface area contributed by atoms with Gasteiger partial charge in [-0.25, -0.2) is 0 Å². The van der Waals surface area contributed by atoms with E-state index in [1.807, 2.05) is 0 Å². The first-order valence-corrected chi connectivity index (χ1v) is 15.8. The normalized spacial score (nSPS) is 15.0. The molecule has 0 atom stereocenters. The van der Waals surface area contributed by atoms with Crippen molar-refractivity contribution in [3.05, 3.63) is 191 Å². The number of rotatable bonds is 3. The van der Waals surface area contributed by atoms with Crippen molar-refractivity contribution in [3.8, 4) is 33.8 Å². The van der Waals surface area contributed by atoms with Gasteiger partial charge in [-0.1, -0.05) is 147 Å². The smallest absolute Gasteiger partial charge is 0.132 e. The summed E-state index contributed by atoms with van der Waals surface area (Å²) in [6.07, 6.45) is 0. The maximum atomic E-state index is 6.66. The van der Waals surface area contributed by atoms with Crippen LogP contribution in [0.4, 0.5) is 0 Å². The predicted molar refractivity (Wildman–Crippen MR) is 185 cm³/mol. The standard InChI is InChI=1S/C44H32O/c1-43(2)38-27-30(22-24-35(38)36-25-21-29-13-9-10-18-34(29)42(36)43)31-23-26-41-39(28-31)44(32-14-5-3-6-15-32,33-16-7-4-8-17-33)37-19-11-12-20-40(37)45-41/h3-28H,1-2H3. The zero-order valence-electron chi connectivity index (χ0n) is 25.4. The van der Waals surface area contributed by atoms with Crippen molar-refractivity contribution in [1.82, 2.24) is 0 Å². The monoisotopic (exact) mass is 576 g/mol. The highest BCUT2D eigenvalue weighted by atomic mass is 16.5. The number of para-hydroxylation sites is 1. The molecule has 1 nitrogen and oxygen atoms in total. The summed E-state index contributed by atoms with van der Waals surface area (Å²) < 4.78 is 6.66. The molecule has 0 radical (unpaired) electrons. The maximum Gasteiger partial charge on any atom is 0.132 e. The van der Waals surface area contributed by atoms with Gasteiger partial charge in [0.2, 0.25) is 0 Å². The summed E-state index contributed by atoms with van der Waals surface area (Å²) in [7, 11) is 0. The van der Waals surface area contributed by atoms with Crippen LogP contribution in [0.3, 0.4) is 0 Å². The third-order valence-corrected chi connectivity index (χ3v) is 10.2. The van der Waals surface area contributed by atoms with Crippen molar-refractivity contribution in [2.24, 2.45) is 0 Å². The van der Waals surface area contributed by atoms with E-state index in [0.717, 1.165) is 22.6 Å². The summed E-state index contributed by atoms with van der Waals surface area (Å²) in [6.45, 7) is 4.75. The molecule has 0 spiro atoms. The molecule has 0 unspecified atom stereocenters. The molecule has 0 N–H and O–H groups in total. The van der Waals surface area contributed by atoms with Gasteiger partial charge in [0.15, 0.2) is 0 Å². The van der Waals surface area contributed by atoms with Crippen LogP contribution >= 0.6 is 0 Å². The van der Waals surface area contributed by atoms with E-state index in [2.05, 4.69) is 172 Å². The molecule has 1 heterocycles. The van der Waals surface area contributed by atoms with E-state index < -0.39 is 5.41 Å². The van der Waals surface area contributed by atoms with Crippen molar-refractivity contribution in [2.45, 2.75) is 24.7 Å². The molecule has 7 aromatic rings. The van der Waals surface area contributed by atoms with E-state index >= 15 is 0 Å². The van der Waals surface area contributed by atoms with Crippen LogP contribution in [-0.4, -0.2) is 0 Å². The average molecular weight is 577 g/mol. The molecule has 0 amide bonds. The van der Waals surface area contributed by atoms with E-state index in [9.17, 15) is 0 Å². The Bertz CT molecular complexity index is 2220. The first-order valence-electron chi connectivity index (χ1n) is 15.8. The third kappa shape index (κ3) is 3.61. The lowest BCUT2D eigenvalue weighted by Gasteiger charge is -2.41. The first kappa shape index (κ1) is 26.0. The first-order chi connectivity index (χ1) is 22.1. The molecule has 2 aliphatic rings. The highest BCUT2D eigenvalue weighted by molar-refractivity contribution is 5.98. The molecule has 0 fully saturated rings. The Morgan fingerprint density at radius 1 is 0.444 bits per heavy atom. The van der Waals surface area contributed by atoms with Gasteiger partial charge in [0, 0.05) is 16.5 Å². The Kier molecular flexibility index (Phi) is 5.53. The topological polar surface area (TPSA) is 9.23 Å². The molecular formula is C44H32O. The molecule has 0 bridgehead atoms. The Morgan fingerprint density at radius 2 is 1.02 bits per heavy atom. The van der Waals surface area contributed by atoms with Gasteiger partial charge < -0.3 is 4.74 Å². The van der Waals surface area contributed by atoms with Crippen molar-refractivity contribution < 1.29 is 4.74 Å². The highest BCUT2D eigenvalue weighted by Gasteiger charge is 2.45. The minimum Gasteiger partial charge on any atom is -0.457 e. The lowest BCUT2D eigenvalue weighted by molar-refractivity contribution is 0.434. The second-order valence-electron chi connectivity index (χ2n) is 12.9.